The molecular weight excluding hydrogens is 552 g/mol. The first-order valence-corrected chi connectivity index (χ1v) is 14.3. The zero-order valence-corrected chi connectivity index (χ0v) is 23.7. The minimum Gasteiger partial charge on any atom is -0.507 e. The summed E-state index contributed by atoms with van der Waals surface area (Å²) in [6, 6.07) is 16.3. The van der Waals surface area contributed by atoms with Crippen molar-refractivity contribution in [1.82, 2.24) is 0 Å². The Morgan fingerprint density at radius 1 is 1.07 bits per heavy atom. The van der Waals surface area contributed by atoms with Gasteiger partial charge in [-0.05, 0) is 59.9 Å². The lowest BCUT2D eigenvalue weighted by atomic mass is 9.68. The fraction of sp³-hybridized carbons (Fsp3) is 0.333. The van der Waals surface area contributed by atoms with Crippen molar-refractivity contribution in [3.8, 4) is 5.75 Å². The van der Waals surface area contributed by atoms with Gasteiger partial charge in [-0.3, -0.25) is 19.7 Å². The number of carbonyl (C=O) groups is 2. The molecule has 0 radical (unpaired) electrons. The molecule has 1 aliphatic heterocycles. The number of aliphatic hydroxyl groups is 3. The van der Waals surface area contributed by atoms with E-state index < -0.39 is 53.8 Å². The van der Waals surface area contributed by atoms with Gasteiger partial charge in [-0.15, -0.1) is 0 Å². The molecule has 0 unspecified atom stereocenters. The smallest absolute Gasteiger partial charge is 0.271 e. The highest BCUT2D eigenvalue weighted by molar-refractivity contribution is 6.22. The molecule has 3 aromatic rings. The van der Waals surface area contributed by atoms with Crippen LogP contribution in [0, 0.1) is 27.9 Å². The Labute approximate surface area is 248 Å². The van der Waals surface area contributed by atoms with Crippen LogP contribution in [0.2, 0.25) is 0 Å². The van der Waals surface area contributed by atoms with Crippen molar-refractivity contribution < 1.29 is 34.9 Å². The number of nitro groups is 1. The van der Waals surface area contributed by atoms with Crippen molar-refractivity contribution in [2.75, 3.05) is 18.1 Å². The van der Waals surface area contributed by atoms with Crippen LogP contribution >= 0.6 is 0 Å². The molecule has 4 N–H and O–H groups in total. The standard InChI is InChI=1S/C33H34N2O8/c1-2-19(14-20-11-13-28(38)25-9-4-3-8-24(20)25)10-12-29(39)30-21(17-36)15-26-31(27(30)18-37)33(41)34(32(26)40)22-6-5-7-23(16-22)35(42)43/h3-9,11,13-14,16,26-27,29,31,36-39H,2,10,12,15,17-18H2,1H3/b19-14+/t26-,27+,29-,31-/m1/s1. The van der Waals surface area contributed by atoms with Gasteiger partial charge in [0.2, 0.25) is 11.8 Å². The molecule has 1 heterocycles. The fourth-order valence-electron chi connectivity index (χ4n) is 6.59. The van der Waals surface area contributed by atoms with Gasteiger partial charge in [0.15, 0.2) is 0 Å². The van der Waals surface area contributed by atoms with Gasteiger partial charge in [0.1, 0.15) is 5.75 Å². The van der Waals surface area contributed by atoms with Crippen LogP contribution in [-0.2, 0) is 9.59 Å². The largest absolute Gasteiger partial charge is 0.507 e. The maximum absolute atomic E-state index is 13.6. The molecule has 0 spiro atoms. The highest BCUT2D eigenvalue weighted by Gasteiger charge is 2.55. The van der Waals surface area contributed by atoms with Crippen LogP contribution in [0.5, 0.6) is 5.75 Å². The lowest BCUT2D eigenvalue weighted by Crippen LogP contribution is -2.39. The minimum atomic E-state index is -1.08. The molecule has 2 aliphatic rings. The highest BCUT2D eigenvalue weighted by Crippen LogP contribution is 2.47. The third-order valence-electron chi connectivity index (χ3n) is 8.72. The Kier molecular flexibility index (Phi) is 8.72. The summed E-state index contributed by atoms with van der Waals surface area (Å²) in [5.41, 5.74) is 2.57. The van der Waals surface area contributed by atoms with E-state index in [0.29, 0.717) is 24.0 Å². The maximum Gasteiger partial charge on any atom is 0.271 e. The number of rotatable bonds is 10. The third kappa shape index (κ3) is 5.56. The van der Waals surface area contributed by atoms with Gasteiger partial charge < -0.3 is 20.4 Å². The number of fused-ring (bicyclic) bond motifs is 2. The first-order chi connectivity index (χ1) is 20.7. The first-order valence-electron chi connectivity index (χ1n) is 14.3. The van der Waals surface area contributed by atoms with Crippen molar-refractivity contribution in [3.63, 3.8) is 0 Å². The van der Waals surface area contributed by atoms with E-state index >= 15 is 0 Å². The zero-order valence-electron chi connectivity index (χ0n) is 23.7. The maximum atomic E-state index is 13.6. The van der Waals surface area contributed by atoms with Crippen LogP contribution in [0.4, 0.5) is 11.4 Å². The van der Waals surface area contributed by atoms with Crippen molar-refractivity contribution in [2.45, 2.75) is 38.7 Å². The normalized spacial score (nSPS) is 21.4. The number of allylic oxidation sites excluding steroid dienone is 1. The molecule has 5 rings (SSSR count). The predicted octanol–water partition coefficient (Wildman–Crippen LogP) is 4.50. The Hall–Kier alpha value is -4.38. The van der Waals surface area contributed by atoms with Gasteiger partial charge in [-0.1, -0.05) is 55.0 Å². The lowest BCUT2D eigenvalue weighted by Gasteiger charge is -2.36. The minimum absolute atomic E-state index is 0.0377. The number of imide groups is 1. The van der Waals surface area contributed by atoms with Crippen molar-refractivity contribution in [3.05, 3.63) is 93.1 Å². The summed E-state index contributed by atoms with van der Waals surface area (Å²) < 4.78 is 0. The van der Waals surface area contributed by atoms with Gasteiger partial charge in [-0.2, -0.15) is 0 Å². The summed E-state index contributed by atoms with van der Waals surface area (Å²) in [5.74, 6) is -3.68. The number of anilines is 1. The van der Waals surface area contributed by atoms with E-state index in [4.69, 9.17) is 0 Å². The van der Waals surface area contributed by atoms with Gasteiger partial charge in [0.25, 0.3) is 5.69 Å². The predicted molar refractivity (Wildman–Crippen MR) is 161 cm³/mol. The van der Waals surface area contributed by atoms with Crippen LogP contribution in [0.3, 0.4) is 0 Å². The summed E-state index contributed by atoms with van der Waals surface area (Å²) in [5, 5.41) is 55.3. The average molecular weight is 587 g/mol. The number of aromatic hydroxyl groups is 1. The van der Waals surface area contributed by atoms with E-state index in [0.717, 1.165) is 32.9 Å². The van der Waals surface area contributed by atoms with Crippen molar-refractivity contribution in [1.29, 1.82) is 0 Å². The third-order valence-corrected chi connectivity index (χ3v) is 8.72. The molecule has 1 fully saturated rings. The summed E-state index contributed by atoms with van der Waals surface area (Å²) in [6.07, 6.45) is 2.45. The second-order valence-electron chi connectivity index (χ2n) is 11.1. The number of benzene rings is 3. The quantitative estimate of drug-likeness (QED) is 0.117. The molecule has 1 saturated heterocycles. The Bertz CT molecular complexity index is 1640. The lowest BCUT2D eigenvalue weighted by molar-refractivity contribution is -0.384. The van der Waals surface area contributed by atoms with Crippen LogP contribution in [0.15, 0.2) is 77.4 Å². The molecule has 10 heteroatoms. The van der Waals surface area contributed by atoms with E-state index in [-0.39, 0.29) is 30.0 Å². The Morgan fingerprint density at radius 3 is 2.49 bits per heavy atom. The highest BCUT2D eigenvalue weighted by atomic mass is 16.6. The molecule has 2 amide bonds. The number of amides is 2. The van der Waals surface area contributed by atoms with E-state index in [1.54, 1.807) is 6.07 Å². The van der Waals surface area contributed by atoms with Crippen LogP contribution in [0.1, 0.15) is 38.2 Å². The number of phenolic OH excluding ortho intramolecular Hbond substituents is 1. The van der Waals surface area contributed by atoms with Gasteiger partial charge >= 0.3 is 0 Å². The second kappa shape index (κ2) is 12.5. The number of phenols is 1. The number of aliphatic hydroxyl groups excluding tert-OH is 3. The first kappa shape index (κ1) is 30.1. The number of non-ortho nitro benzene ring substituents is 1. The average Bonchev–Trinajstić information content (AvgIpc) is 3.27. The number of carbonyl (C=O) groups excluding carboxylic acids is 2. The molecule has 10 nitrogen and oxygen atoms in total. The number of hydrogen-bond acceptors (Lipinski definition) is 8. The SMILES string of the molecule is CC/C(=C\c1ccc(O)c2ccccc12)CC[C@@H](O)C1=C(CO)C[C@H]2C(=O)N(c3cccc([N+](=O)[O-])c3)C(=O)[C@H]2[C@H]1CO. The van der Waals surface area contributed by atoms with Gasteiger partial charge in [0, 0.05) is 23.4 Å². The summed E-state index contributed by atoms with van der Waals surface area (Å²) in [6.45, 7) is 1.04. The molecule has 0 aromatic heterocycles. The molecule has 0 saturated carbocycles. The van der Waals surface area contributed by atoms with E-state index in [1.165, 1.54) is 18.2 Å². The van der Waals surface area contributed by atoms with Crippen molar-refractivity contribution in [2.24, 2.45) is 17.8 Å². The molecule has 4 atom stereocenters. The topological polar surface area (TPSA) is 161 Å². The van der Waals surface area contributed by atoms with Crippen LogP contribution < -0.4 is 4.90 Å². The molecule has 0 bridgehead atoms. The van der Waals surface area contributed by atoms with E-state index in [1.807, 2.05) is 43.3 Å². The summed E-state index contributed by atoms with van der Waals surface area (Å²) in [4.78, 5) is 38.7. The molecule has 1 aliphatic carbocycles. The number of nitro benzene ring substituents is 1. The molecular formula is C33H34N2O8. The van der Waals surface area contributed by atoms with Gasteiger partial charge in [0.05, 0.1) is 41.8 Å². The monoisotopic (exact) mass is 586 g/mol. The van der Waals surface area contributed by atoms with Crippen molar-refractivity contribution >= 4 is 40.0 Å². The summed E-state index contributed by atoms with van der Waals surface area (Å²) in [7, 11) is 0. The van der Waals surface area contributed by atoms with Crippen LogP contribution in [-0.4, -0.2) is 56.5 Å². The van der Waals surface area contributed by atoms with E-state index in [9.17, 15) is 40.1 Å². The molecule has 43 heavy (non-hydrogen) atoms. The zero-order chi connectivity index (χ0) is 30.8. The summed E-state index contributed by atoms with van der Waals surface area (Å²) >= 11 is 0. The Balaban J connectivity index is 1.40. The van der Waals surface area contributed by atoms with Crippen LogP contribution in [0.25, 0.3) is 16.8 Å². The fourth-order valence-corrected chi connectivity index (χ4v) is 6.59. The number of nitrogens with zero attached hydrogens (tertiary/aromatic N) is 2. The molecule has 3 aromatic carbocycles. The molecule has 224 valence electrons. The van der Waals surface area contributed by atoms with Gasteiger partial charge in [-0.25, -0.2) is 4.90 Å². The second-order valence-corrected chi connectivity index (χ2v) is 11.1. The van der Waals surface area contributed by atoms with E-state index in [2.05, 4.69) is 0 Å². The Morgan fingerprint density at radius 2 is 1.81 bits per heavy atom. The number of hydrogen-bond donors (Lipinski definition) is 4.